The van der Waals surface area contributed by atoms with E-state index in [0.717, 1.165) is 17.7 Å². The van der Waals surface area contributed by atoms with E-state index in [1.54, 1.807) is 0 Å². The van der Waals surface area contributed by atoms with E-state index in [4.69, 9.17) is 9.88 Å². The van der Waals surface area contributed by atoms with Gasteiger partial charge < -0.3 is 10.1 Å². The molecular weight excluding hydrogens is 323 g/mol. The number of alkyl carbamates (subject to hydrolysis) is 1. The lowest BCUT2D eigenvalue weighted by Crippen LogP contribution is -2.24. The van der Waals surface area contributed by atoms with E-state index in [1.807, 2.05) is 30.3 Å². The molecule has 8 heteroatoms. The Bertz CT molecular complexity index is 794. The van der Waals surface area contributed by atoms with Crippen molar-refractivity contribution in [2.45, 2.75) is 18.0 Å². The van der Waals surface area contributed by atoms with E-state index in [-0.39, 0.29) is 13.2 Å². The fourth-order valence-electron chi connectivity index (χ4n) is 1.82. The van der Waals surface area contributed by atoms with Crippen LogP contribution in [0.3, 0.4) is 0 Å². The number of hydrogen-bond acceptors (Lipinski definition) is 4. The van der Waals surface area contributed by atoms with Gasteiger partial charge in [0.25, 0.3) is 0 Å². The SMILES string of the molecule is NS(=O)(=O)c1cc(CNC(=O)OCc2ccccc2)ccc1F. The summed E-state index contributed by atoms with van der Waals surface area (Å²) in [5.74, 6) is -0.942. The van der Waals surface area contributed by atoms with Crippen LogP contribution >= 0.6 is 0 Å². The van der Waals surface area contributed by atoms with E-state index in [9.17, 15) is 17.6 Å². The number of benzene rings is 2. The Hall–Kier alpha value is -2.45. The van der Waals surface area contributed by atoms with Crippen molar-refractivity contribution in [2.24, 2.45) is 5.14 Å². The fourth-order valence-corrected chi connectivity index (χ4v) is 2.48. The van der Waals surface area contributed by atoms with Gasteiger partial charge in [-0.15, -0.1) is 0 Å². The topological polar surface area (TPSA) is 98.5 Å². The fraction of sp³-hybridized carbons (Fsp3) is 0.133. The normalized spacial score (nSPS) is 11.0. The molecule has 2 aromatic rings. The Morgan fingerprint density at radius 2 is 1.83 bits per heavy atom. The van der Waals surface area contributed by atoms with Crippen LogP contribution in [0.1, 0.15) is 11.1 Å². The highest BCUT2D eigenvalue weighted by Crippen LogP contribution is 2.15. The van der Waals surface area contributed by atoms with Gasteiger partial charge in [-0.2, -0.15) is 0 Å². The molecule has 0 aromatic heterocycles. The van der Waals surface area contributed by atoms with E-state index in [1.165, 1.54) is 6.07 Å². The summed E-state index contributed by atoms with van der Waals surface area (Å²) in [6, 6.07) is 12.5. The van der Waals surface area contributed by atoms with Crippen molar-refractivity contribution < 1.29 is 22.3 Å². The third kappa shape index (κ3) is 5.04. The Kier molecular flexibility index (Phi) is 5.30. The van der Waals surface area contributed by atoms with Gasteiger partial charge in [-0.05, 0) is 23.3 Å². The molecule has 0 saturated heterocycles. The monoisotopic (exact) mass is 338 g/mol. The number of carbonyl (C=O) groups is 1. The highest BCUT2D eigenvalue weighted by molar-refractivity contribution is 7.89. The molecule has 0 aliphatic rings. The van der Waals surface area contributed by atoms with Crippen LogP contribution in [0.15, 0.2) is 53.4 Å². The van der Waals surface area contributed by atoms with E-state index >= 15 is 0 Å². The van der Waals surface area contributed by atoms with E-state index in [2.05, 4.69) is 5.32 Å². The van der Waals surface area contributed by atoms with Crippen molar-refractivity contribution in [1.29, 1.82) is 0 Å². The summed E-state index contributed by atoms with van der Waals surface area (Å²) >= 11 is 0. The molecular formula is C15H15FN2O4S. The molecule has 0 bridgehead atoms. The summed E-state index contributed by atoms with van der Waals surface area (Å²) < 4.78 is 40.9. The molecule has 2 rings (SSSR count). The molecule has 6 nitrogen and oxygen atoms in total. The lowest BCUT2D eigenvalue weighted by molar-refractivity contribution is 0.139. The lowest BCUT2D eigenvalue weighted by atomic mass is 10.2. The summed E-state index contributed by atoms with van der Waals surface area (Å²) in [7, 11) is -4.16. The maximum Gasteiger partial charge on any atom is 0.407 e. The Labute approximate surface area is 133 Å². The minimum Gasteiger partial charge on any atom is -0.445 e. The highest BCUT2D eigenvalue weighted by atomic mass is 32.2. The zero-order valence-corrected chi connectivity index (χ0v) is 12.8. The third-order valence-electron chi connectivity index (χ3n) is 2.95. The molecule has 122 valence electrons. The highest BCUT2D eigenvalue weighted by Gasteiger charge is 2.15. The van der Waals surface area contributed by atoms with Gasteiger partial charge in [0.1, 0.15) is 17.3 Å². The molecule has 2 aromatic carbocycles. The van der Waals surface area contributed by atoms with Crippen LogP contribution in [0, 0.1) is 5.82 Å². The number of amides is 1. The molecule has 23 heavy (non-hydrogen) atoms. The van der Waals surface area contributed by atoms with E-state index in [0.29, 0.717) is 5.56 Å². The second kappa shape index (κ2) is 7.21. The van der Waals surface area contributed by atoms with Crippen molar-refractivity contribution in [2.75, 3.05) is 0 Å². The molecule has 0 radical (unpaired) electrons. The number of ether oxygens (including phenoxy) is 1. The Morgan fingerprint density at radius 3 is 2.48 bits per heavy atom. The summed E-state index contributed by atoms with van der Waals surface area (Å²) in [6.07, 6.45) is -0.671. The van der Waals surface area contributed by atoms with Crippen LogP contribution in [0.4, 0.5) is 9.18 Å². The first kappa shape index (κ1) is 16.9. The van der Waals surface area contributed by atoms with Crippen molar-refractivity contribution in [1.82, 2.24) is 5.32 Å². The number of nitrogens with two attached hydrogens (primary N) is 1. The van der Waals surface area contributed by atoms with Crippen LogP contribution in [0.2, 0.25) is 0 Å². The average Bonchev–Trinajstić information content (AvgIpc) is 2.52. The summed E-state index contributed by atoms with van der Waals surface area (Å²) in [5.41, 5.74) is 1.22. The Balaban J connectivity index is 1.92. The maximum atomic E-state index is 13.4. The van der Waals surface area contributed by atoms with Crippen LogP contribution in [-0.4, -0.2) is 14.5 Å². The first-order valence-electron chi connectivity index (χ1n) is 6.62. The van der Waals surface area contributed by atoms with Crippen LogP contribution in [-0.2, 0) is 27.9 Å². The maximum absolute atomic E-state index is 13.4. The first-order valence-corrected chi connectivity index (χ1v) is 8.16. The van der Waals surface area contributed by atoms with Crippen molar-refractivity contribution in [3.05, 3.63) is 65.5 Å². The molecule has 0 atom stereocenters. The summed E-state index contributed by atoms with van der Waals surface area (Å²) in [4.78, 5) is 11.0. The largest absolute Gasteiger partial charge is 0.445 e. The minimum absolute atomic E-state index is 0.0174. The van der Waals surface area contributed by atoms with Gasteiger partial charge in [-0.3, -0.25) is 0 Å². The average molecular weight is 338 g/mol. The minimum atomic E-state index is -4.16. The summed E-state index contributed by atoms with van der Waals surface area (Å²) in [5, 5.41) is 7.36. The smallest absolute Gasteiger partial charge is 0.407 e. The number of primary sulfonamides is 1. The number of carbonyl (C=O) groups excluding carboxylic acids is 1. The van der Waals surface area contributed by atoms with Gasteiger partial charge in [0.15, 0.2) is 0 Å². The van der Waals surface area contributed by atoms with E-state index < -0.39 is 26.8 Å². The third-order valence-corrected chi connectivity index (χ3v) is 3.88. The molecule has 0 unspecified atom stereocenters. The predicted molar refractivity (Wildman–Crippen MR) is 81.2 cm³/mol. The lowest BCUT2D eigenvalue weighted by Gasteiger charge is -2.08. The second-order valence-electron chi connectivity index (χ2n) is 4.73. The molecule has 3 N–H and O–H groups in total. The Morgan fingerprint density at radius 1 is 1.13 bits per heavy atom. The molecule has 1 amide bonds. The van der Waals surface area contributed by atoms with Gasteiger partial charge in [0, 0.05) is 6.54 Å². The molecule has 0 spiro atoms. The van der Waals surface area contributed by atoms with Gasteiger partial charge in [0.05, 0.1) is 0 Å². The van der Waals surface area contributed by atoms with Gasteiger partial charge in [-0.25, -0.2) is 22.7 Å². The molecule has 0 aliphatic carbocycles. The summed E-state index contributed by atoms with van der Waals surface area (Å²) in [6.45, 7) is 0.0922. The molecule has 0 aliphatic heterocycles. The van der Waals surface area contributed by atoms with Gasteiger partial charge in [0.2, 0.25) is 10.0 Å². The van der Waals surface area contributed by atoms with Crippen LogP contribution < -0.4 is 10.5 Å². The molecule has 0 fully saturated rings. The number of rotatable bonds is 5. The van der Waals surface area contributed by atoms with Crippen LogP contribution in [0.5, 0.6) is 0 Å². The number of nitrogens with one attached hydrogen (secondary N) is 1. The standard InChI is InChI=1S/C15H15FN2O4S/c16-13-7-6-12(8-14(13)23(17,20)21)9-18-15(19)22-10-11-4-2-1-3-5-11/h1-8H,9-10H2,(H,18,19)(H2,17,20,21). The molecule has 0 saturated carbocycles. The van der Waals surface area contributed by atoms with Crippen LogP contribution in [0.25, 0.3) is 0 Å². The molecule has 0 heterocycles. The number of hydrogen-bond donors (Lipinski definition) is 2. The quantitative estimate of drug-likeness (QED) is 0.870. The van der Waals surface area contributed by atoms with Crippen molar-refractivity contribution >= 4 is 16.1 Å². The zero-order valence-electron chi connectivity index (χ0n) is 12.0. The zero-order chi connectivity index (χ0) is 16.9. The van der Waals surface area contributed by atoms with Gasteiger partial charge in [-0.1, -0.05) is 36.4 Å². The van der Waals surface area contributed by atoms with Crippen molar-refractivity contribution in [3.8, 4) is 0 Å². The number of sulfonamides is 1. The second-order valence-corrected chi connectivity index (χ2v) is 6.25. The van der Waals surface area contributed by atoms with Crippen molar-refractivity contribution in [3.63, 3.8) is 0 Å². The van der Waals surface area contributed by atoms with Gasteiger partial charge >= 0.3 is 6.09 Å². The first-order chi connectivity index (χ1) is 10.9. The number of halogens is 1. The predicted octanol–water partition coefficient (Wildman–Crippen LogP) is 1.90.